The van der Waals surface area contributed by atoms with Gasteiger partial charge in [-0.2, -0.15) is 0 Å². The van der Waals surface area contributed by atoms with Crippen LogP contribution in [0.25, 0.3) is 0 Å². The molecule has 4 N–H and O–H groups in total. The lowest BCUT2D eigenvalue weighted by molar-refractivity contribution is -0.124. The van der Waals surface area contributed by atoms with Crippen molar-refractivity contribution in [2.75, 3.05) is 7.05 Å². The Morgan fingerprint density at radius 3 is 2.11 bits per heavy atom. The normalized spacial score (nSPS) is 15.9. The van der Waals surface area contributed by atoms with Gasteiger partial charge in [-0.1, -0.05) is 20.8 Å². The summed E-state index contributed by atoms with van der Waals surface area (Å²) in [5.74, 6) is 0.205. The van der Waals surface area contributed by atoms with E-state index in [-0.39, 0.29) is 29.8 Å². The van der Waals surface area contributed by atoms with E-state index in [0.29, 0.717) is 12.3 Å². The fourth-order valence-electron chi connectivity index (χ4n) is 2.04. The molecule has 5 nitrogen and oxygen atoms in total. The van der Waals surface area contributed by atoms with E-state index in [2.05, 4.69) is 24.5 Å². The zero-order valence-electron chi connectivity index (χ0n) is 12.1. The van der Waals surface area contributed by atoms with Crippen LogP contribution >= 0.6 is 0 Å². The lowest BCUT2D eigenvalue weighted by atomic mass is 9.91. The Kier molecular flexibility index (Phi) is 7.59. The van der Waals surface area contributed by atoms with Crippen molar-refractivity contribution in [1.29, 1.82) is 0 Å². The number of rotatable bonds is 7. The van der Waals surface area contributed by atoms with Crippen molar-refractivity contribution in [2.24, 2.45) is 17.6 Å². The summed E-state index contributed by atoms with van der Waals surface area (Å²) < 4.78 is 0. The summed E-state index contributed by atoms with van der Waals surface area (Å²) in [7, 11) is 1.61. The molecule has 0 aromatic carbocycles. The van der Waals surface area contributed by atoms with Gasteiger partial charge >= 0.3 is 0 Å². The van der Waals surface area contributed by atoms with Crippen LogP contribution in [0.1, 0.15) is 40.5 Å². The Labute approximate surface area is 110 Å². The van der Waals surface area contributed by atoms with Gasteiger partial charge in [-0.25, -0.2) is 0 Å². The summed E-state index contributed by atoms with van der Waals surface area (Å²) in [4.78, 5) is 22.6. The molecule has 0 aromatic heterocycles. The van der Waals surface area contributed by atoms with Gasteiger partial charge in [-0.05, 0) is 18.8 Å². The molecule has 0 aliphatic carbocycles. The van der Waals surface area contributed by atoms with Gasteiger partial charge in [0.05, 0.1) is 0 Å². The van der Waals surface area contributed by atoms with Gasteiger partial charge < -0.3 is 16.4 Å². The summed E-state index contributed by atoms with van der Waals surface area (Å²) in [6.07, 6.45) is 1.39. The van der Waals surface area contributed by atoms with Crippen LogP contribution in [0.3, 0.4) is 0 Å². The molecule has 0 aliphatic heterocycles. The predicted molar refractivity (Wildman–Crippen MR) is 72.9 cm³/mol. The minimum Gasteiger partial charge on any atom is -0.359 e. The van der Waals surface area contributed by atoms with Gasteiger partial charge in [0.2, 0.25) is 11.8 Å². The van der Waals surface area contributed by atoms with E-state index in [4.69, 9.17) is 5.73 Å². The smallest absolute Gasteiger partial charge is 0.222 e. The second-order valence-electron chi connectivity index (χ2n) is 5.35. The van der Waals surface area contributed by atoms with E-state index in [0.717, 1.165) is 6.42 Å². The van der Waals surface area contributed by atoms with Crippen molar-refractivity contribution in [1.82, 2.24) is 10.6 Å². The van der Waals surface area contributed by atoms with Crippen molar-refractivity contribution in [3.8, 4) is 0 Å². The fraction of sp³-hybridized carbons (Fsp3) is 0.846. The summed E-state index contributed by atoms with van der Waals surface area (Å²) in [5, 5.41) is 5.49. The lowest BCUT2D eigenvalue weighted by Crippen LogP contribution is -2.49. The van der Waals surface area contributed by atoms with Crippen LogP contribution in [-0.4, -0.2) is 30.9 Å². The maximum Gasteiger partial charge on any atom is 0.222 e. The van der Waals surface area contributed by atoms with Gasteiger partial charge in [0.15, 0.2) is 0 Å². The molecule has 18 heavy (non-hydrogen) atoms. The van der Waals surface area contributed by atoms with Gasteiger partial charge in [-0.3, -0.25) is 9.59 Å². The van der Waals surface area contributed by atoms with Crippen LogP contribution in [0.4, 0.5) is 0 Å². The highest BCUT2D eigenvalue weighted by molar-refractivity contribution is 5.78. The zero-order chi connectivity index (χ0) is 14.3. The van der Waals surface area contributed by atoms with Crippen LogP contribution in [0.5, 0.6) is 0 Å². The monoisotopic (exact) mass is 257 g/mol. The molecule has 3 atom stereocenters. The second kappa shape index (κ2) is 8.08. The average Bonchev–Trinajstić information content (AvgIpc) is 2.25. The van der Waals surface area contributed by atoms with Gasteiger partial charge in [0.25, 0.3) is 0 Å². The zero-order valence-corrected chi connectivity index (χ0v) is 12.1. The van der Waals surface area contributed by atoms with E-state index in [1.807, 2.05) is 6.92 Å². The molecule has 0 saturated carbocycles. The molecular weight excluding hydrogens is 230 g/mol. The van der Waals surface area contributed by atoms with Crippen molar-refractivity contribution >= 4 is 11.8 Å². The number of nitrogens with one attached hydrogen (secondary N) is 2. The summed E-state index contributed by atoms with van der Waals surface area (Å²) in [6.45, 7) is 7.51. The standard InChI is InChI=1S/C13H27N3O2/c1-8(2)6-12(16-10(4)17)11(14)7-9(3)13(18)15-5/h8-9,11-12H,6-7,14H2,1-5H3,(H,15,18)(H,16,17)/t9-,11+,12+/m1/s1. The molecule has 0 rings (SSSR count). The molecule has 0 saturated heterocycles. The Morgan fingerprint density at radius 2 is 1.72 bits per heavy atom. The molecule has 2 amide bonds. The molecule has 106 valence electrons. The number of hydrogen-bond donors (Lipinski definition) is 3. The molecule has 0 spiro atoms. The van der Waals surface area contributed by atoms with Crippen molar-refractivity contribution in [3.63, 3.8) is 0 Å². The Bertz CT molecular complexity index is 279. The molecule has 5 heteroatoms. The first-order valence-corrected chi connectivity index (χ1v) is 6.52. The van der Waals surface area contributed by atoms with E-state index in [1.54, 1.807) is 7.05 Å². The van der Waals surface area contributed by atoms with E-state index >= 15 is 0 Å². The van der Waals surface area contributed by atoms with Crippen LogP contribution in [0.2, 0.25) is 0 Å². The summed E-state index contributed by atoms with van der Waals surface area (Å²) in [5.41, 5.74) is 6.11. The molecule has 0 radical (unpaired) electrons. The second-order valence-corrected chi connectivity index (χ2v) is 5.35. The maximum absolute atomic E-state index is 11.5. The van der Waals surface area contributed by atoms with Crippen LogP contribution in [0, 0.1) is 11.8 Å². The predicted octanol–water partition coefficient (Wildman–Crippen LogP) is 0.637. The third-order valence-corrected chi connectivity index (χ3v) is 2.95. The largest absolute Gasteiger partial charge is 0.359 e. The number of nitrogens with two attached hydrogens (primary N) is 1. The number of hydrogen-bond acceptors (Lipinski definition) is 3. The molecular formula is C13H27N3O2. The topological polar surface area (TPSA) is 84.2 Å². The minimum absolute atomic E-state index is 0.0171. The van der Waals surface area contributed by atoms with Crippen LogP contribution < -0.4 is 16.4 Å². The van der Waals surface area contributed by atoms with Gasteiger partial charge in [0, 0.05) is 32.0 Å². The van der Waals surface area contributed by atoms with Crippen LogP contribution in [0.15, 0.2) is 0 Å². The molecule has 0 bridgehead atoms. The fourth-order valence-corrected chi connectivity index (χ4v) is 2.04. The Balaban J connectivity index is 4.49. The van der Waals surface area contributed by atoms with Gasteiger partial charge in [0.1, 0.15) is 0 Å². The lowest BCUT2D eigenvalue weighted by Gasteiger charge is -2.27. The molecule has 0 aromatic rings. The summed E-state index contributed by atoms with van der Waals surface area (Å²) >= 11 is 0. The third kappa shape index (κ3) is 6.59. The SMILES string of the molecule is CNC(=O)[C@H](C)C[C@H](N)[C@H](CC(C)C)NC(C)=O. The van der Waals surface area contributed by atoms with Crippen molar-refractivity contribution in [2.45, 2.75) is 52.6 Å². The minimum atomic E-state index is -0.205. The van der Waals surface area contributed by atoms with Gasteiger partial charge in [-0.15, -0.1) is 0 Å². The Hall–Kier alpha value is -1.10. The first kappa shape index (κ1) is 16.9. The molecule has 0 aliphatic rings. The number of carbonyl (C=O) groups excluding carboxylic acids is 2. The first-order chi connectivity index (χ1) is 8.27. The third-order valence-electron chi connectivity index (χ3n) is 2.95. The first-order valence-electron chi connectivity index (χ1n) is 6.52. The number of carbonyl (C=O) groups is 2. The highest BCUT2D eigenvalue weighted by Gasteiger charge is 2.24. The molecule has 0 heterocycles. The molecule has 0 fully saturated rings. The Morgan fingerprint density at radius 1 is 1.17 bits per heavy atom. The molecule has 0 unspecified atom stereocenters. The number of amides is 2. The highest BCUT2D eigenvalue weighted by Crippen LogP contribution is 2.13. The van der Waals surface area contributed by atoms with Crippen molar-refractivity contribution < 1.29 is 9.59 Å². The van der Waals surface area contributed by atoms with E-state index in [1.165, 1.54) is 6.92 Å². The average molecular weight is 257 g/mol. The van der Waals surface area contributed by atoms with Crippen molar-refractivity contribution in [3.05, 3.63) is 0 Å². The van der Waals surface area contributed by atoms with Crippen LogP contribution in [-0.2, 0) is 9.59 Å². The quantitative estimate of drug-likeness (QED) is 0.625. The highest BCUT2D eigenvalue weighted by atomic mass is 16.2. The summed E-state index contributed by atoms with van der Waals surface area (Å²) in [6, 6.07) is -0.279. The van der Waals surface area contributed by atoms with E-state index in [9.17, 15) is 9.59 Å². The maximum atomic E-state index is 11.5. The van der Waals surface area contributed by atoms with E-state index < -0.39 is 0 Å².